The first-order valence-electron chi connectivity index (χ1n) is 12.1. The molecule has 2 aliphatic carbocycles. The quantitative estimate of drug-likeness (QED) is 0.527. The Morgan fingerprint density at radius 1 is 0.882 bits per heavy atom. The predicted molar refractivity (Wildman–Crippen MR) is 134 cm³/mol. The molecule has 3 aromatic carbocycles. The molecule has 0 radical (unpaired) electrons. The van der Waals surface area contributed by atoms with Gasteiger partial charge in [-0.05, 0) is 85.6 Å². The number of nitrogen functional groups attached to an aromatic ring is 1. The summed E-state index contributed by atoms with van der Waals surface area (Å²) in [5.41, 5.74) is 7.40. The van der Waals surface area contributed by atoms with Gasteiger partial charge in [-0.2, -0.15) is 4.31 Å². The highest BCUT2D eigenvalue weighted by Gasteiger charge is 2.46. The van der Waals surface area contributed by atoms with Crippen LogP contribution < -0.4 is 11.1 Å². The van der Waals surface area contributed by atoms with Crippen molar-refractivity contribution >= 4 is 38.1 Å². The highest BCUT2D eigenvalue weighted by molar-refractivity contribution is 7.89. The van der Waals surface area contributed by atoms with E-state index in [1.54, 1.807) is 42.5 Å². The maximum atomic E-state index is 13.8. The molecule has 7 rings (SSSR count). The van der Waals surface area contributed by atoms with E-state index in [0.717, 1.165) is 23.6 Å². The normalized spacial score (nSPS) is 26.5. The number of benzene rings is 3. The largest absolute Gasteiger partial charge is 0.398 e. The number of fused-ring (bicyclic) bond motifs is 2. The summed E-state index contributed by atoms with van der Waals surface area (Å²) in [5, 5.41) is 4.50. The van der Waals surface area contributed by atoms with Crippen LogP contribution in [0.3, 0.4) is 0 Å². The first-order chi connectivity index (χ1) is 16.4. The molecule has 2 aliphatic heterocycles. The molecule has 34 heavy (non-hydrogen) atoms. The van der Waals surface area contributed by atoms with Gasteiger partial charge in [0.15, 0.2) is 0 Å². The molecule has 2 saturated carbocycles. The lowest BCUT2D eigenvalue weighted by Crippen LogP contribution is -2.42. The fraction of sp³-hybridized carbons (Fsp3) is 0.370. The smallest absolute Gasteiger partial charge is 0.257 e. The molecule has 176 valence electrons. The molecular weight excluding hydrogens is 446 g/mol. The van der Waals surface area contributed by atoms with E-state index in [2.05, 4.69) is 5.32 Å². The van der Waals surface area contributed by atoms with E-state index >= 15 is 0 Å². The summed E-state index contributed by atoms with van der Waals surface area (Å²) in [7, 11) is -3.59. The Kier molecular flexibility index (Phi) is 5.15. The molecular formula is C27H29N3O3S. The van der Waals surface area contributed by atoms with Gasteiger partial charge in [0, 0.05) is 29.3 Å². The fourth-order valence-electron chi connectivity index (χ4n) is 6.60. The number of nitrogens with one attached hydrogen (secondary N) is 1. The predicted octanol–water partition coefficient (Wildman–Crippen LogP) is 4.87. The summed E-state index contributed by atoms with van der Waals surface area (Å²) in [5.74, 6) is 1.56. The molecule has 1 amide bonds. The van der Waals surface area contributed by atoms with Crippen LogP contribution in [0.1, 0.15) is 42.5 Å². The van der Waals surface area contributed by atoms with Crippen LogP contribution in [0, 0.1) is 17.8 Å². The summed E-state index contributed by atoms with van der Waals surface area (Å²) in [4.78, 5) is 13.1. The zero-order chi connectivity index (χ0) is 23.4. The molecule has 0 spiro atoms. The maximum absolute atomic E-state index is 13.8. The SMILES string of the molecule is Nc1ccccc1C(=O)Nc1cccc2cc(S(=O)(=O)N3CC4CC5CC(C4)CC3C5)ccc12. The molecule has 2 saturated heterocycles. The highest BCUT2D eigenvalue weighted by Crippen LogP contribution is 2.48. The van der Waals surface area contributed by atoms with Gasteiger partial charge in [0.05, 0.1) is 10.5 Å². The lowest BCUT2D eigenvalue weighted by molar-refractivity contribution is 0.102. The van der Waals surface area contributed by atoms with Crippen molar-refractivity contribution in [3.8, 4) is 0 Å². The van der Waals surface area contributed by atoms with Crippen molar-refractivity contribution in [2.75, 3.05) is 17.6 Å². The number of sulfonamides is 1. The van der Waals surface area contributed by atoms with E-state index in [4.69, 9.17) is 5.73 Å². The topological polar surface area (TPSA) is 92.5 Å². The van der Waals surface area contributed by atoms with Gasteiger partial charge in [-0.15, -0.1) is 0 Å². The second-order valence-electron chi connectivity index (χ2n) is 10.2. The molecule has 2 heterocycles. The molecule has 2 atom stereocenters. The zero-order valence-corrected chi connectivity index (χ0v) is 19.8. The van der Waals surface area contributed by atoms with Gasteiger partial charge in [0.1, 0.15) is 0 Å². The third kappa shape index (κ3) is 3.67. The molecule has 0 aromatic heterocycles. The van der Waals surface area contributed by atoms with Gasteiger partial charge in [-0.25, -0.2) is 8.42 Å². The summed E-state index contributed by atoms with van der Waals surface area (Å²) in [6.45, 7) is 0.645. The van der Waals surface area contributed by atoms with Crippen molar-refractivity contribution in [3.05, 3.63) is 66.2 Å². The standard InChI is InChI=1S/C27H29N3O3S/c28-25-6-2-1-5-24(25)27(31)29-26-7-3-4-20-15-22(8-9-23(20)26)34(32,33)30-16-19-11-17-10-18(12-19)14-21(30)13-17/h1-9,15,17-19,21H,10-14,16,28H2,(H,29,31). The van der Waals surface area contributed by atoms with E-state index in [9.17, 15) is 13.2 Å². The minimum absolute atomic E-state index is 0.124. The number of hydrogen-bond donors (Lipinski definition) is 2. The Hall–Kier alpha value is -2.90. The number of amides is 1. The Bertz CT molecular complexity index is 1370. The van der Waals surface area contributed by atoms with Crippen molar-refractivity contribution < 1.29 is 13.2 Å². The molecule has 4 aliphatic rings. The summed E-state index contributed by atoms with van der Waals surface area (Å²) < 4.78 is 29.4. The second-order valence-corrected chi connectivity index (χ2v) is 12.1. The van der Waals surface area contributed by atoms with Crippen LogP contribution in [0.25, 0.3) is 10.8 Å². The van der Waals surface area contributed by atoms with Gasteiger partial charge >= 0.3 is 0 Å². The Balaban J connectivity index is 1.32. The van der Waals surface area contributed by atoms with Crippen LogP contribution in [0.15, 0.2) is 65.6 Å². The Labute approximate surface area is 200 Å². The van der Waals surface area contributed by atoms with Crippen LogP contribution in [0.5, 0.6) is 0 Å². The third-order valence-electron chi connectivity index (χ3n) is 7.97. The highest BCUT2D eigenvalue weighted by atomic mass is 32.2. The number of nitrogens with zero attached hydrogens (tertiary/aromatic N) is 1. The summed E-state index contributed by atoms with van der Waals surface area (Å²) in [6.07, 6.45) is 5.62. The van der Waals surface area contributed by atoms with Crippen molar-refractivity contribution in [2.45, 2.75) is 43.0 Å². The van der Waals surface area contributed by atoms with Crippen LogP contribution in [0.2, 0.25) is 0 Å². The number of carbonyl (C=O) groups is 1. The average molecular weight is 476 g/mol. The number of nitrogens with two attached hydrogens (primary N) is 1. The van der Waals surface area contributed by atoms with Crippen LogP contribution >= 0.6 is 0 Å². The lowest BCUT2D eigenvalue weighted by Gasteiger charge is -2.38. The first kappa shape index (κ1) is 21.6. The van der Waals surface area contributed by atoms with Crippen molar-refractivity contribution in [2.24, 2.45) is 17.8 Å². The lowest BCUT2D eigenvalue weighted by atomic mass is 9.68. The summed E-state index contributed by atoms with van der Waals surface area (Å²) >= 11 is 0. The van der Waals surface area contributed by atoms with Gasteiger partial charge in [-0.1, -0.05) is 30.3 Å². The van der Waals surface area contributed by atoms with Crippen LogP contribution in [-0.4, -0.2) is 31.2 Å². The van der Waals surface area contributed by atoms with E-state index < -0.39 is 10.0 Å². The van der Waals surface area contributed by atoms with Gasteiger partial charge < -0.3 is 11.1 Å². The molecule has 7 heteroatoms. The molecule has 4 bridgehead atoms. The van der Waals surface area contributed by atoms with Gasteiger partial charge in [0.25, 0.3) is 5.91 Å². The average Bonchev–Trinajstić information content (AvgIpc) is 3.02. The number of anilines is 2. The number of para-hydroxylation sites is 1. The van der Waals surface area contributed by atoms with Gasteiger partial charge in [0.2, 0.25) is 10.0 Å². The zero-order valence-electron chi connectivity index (χ0n) is 19.0. The molecule has 2 unspecified atom stereocenters. The van der Waals surface area contributed by atoms with Gasteiger partial charge in [-0.3, -0.25) is 4.79 Å². The minimum atomic E-state index is -3.59. The molecule has 6 nitrogen and oxygen atoms in total. The van der Waals surface area contributed by atoms with E-state index in [0.29, 0.717) is 46.1 Å². The van der Waals surface area contributed by atoms with Crippen LogP contribution in [0.4, 0.5) is 11.4 Å². The molecule has 3 aromatic rings. The van der Waals surface area contributed by atoms with Crippen molar-refractivity contribution in [1.82, 2.24) is 4.31 Å². The first-order valence-corrected chi connectivity index (χ1v) is 13.5. The third-order valence-corrected chi connectivity index (χ3v) is 9.88. The van der Waals surface area contributed by atoms with E-state index in [1.165, 1.54) is 19.3 Å². The fourth-order valence-corrected chi connectivity index (χ4v) is 8.35. The van der Waals surface area contributed by atoms with Crippen LogP contribution in [-0.2, 0) is 10.0 Å². The Morgan fingerprint density at radius 2 is 1.62 bits per heavy atom. The maximum Gasteiger partial charge on any atom is 0.257 e. The van der Waals surface area contributed by atoms with E-state index in [-0.39, 0.29) is 11.9 Å². The molecule has 4 fully saturated rings. The number of hydrogen-bond acceptors (Lipinski definition) is 4. The second kappa shape index (κ2) is 8.10. The van der Waals surface area contributed by atoms with Crippen molar-refractivity contribution in [3.63, 3.8) is 0 Å². The number of carbonyl (C=O) groups excluding carboxylic acids is 1. The van der Waals surface area contributed by atoms with Crippen molar-refractivity contribution in [1.29, 1.82) is 0 Å². The monoisotopic (exact) mass is 475 g/mol. The minimum Gasteiger partial charge on any atom is -0.398 e. The van der Waals surface area contributed by atoms with E-state index in [1.807, 2.05) is 22.5 Å². The molecule has 3 N–H and O–H groups in total. The number of rotatable bonds is 4. The Morgan fingerprint density at radius 3 is 2.38 bits per heavy atom. The summed E-state index contributed by atoms with van der Waals surface area (Å²) in [6, 6.07) is 17.8.